The van der Waals surface area contributed by atoms with Crippen molar-refractivity contribution in [3.8, 4) is 11.5 Å². The minimum atomic E-state index is -3.53. The first-order chi connectivity index (χ1) is 13.5. The van der Waals surface area contributed by atoms with Gasteiger partial charge in [-0.05, 0) is 23.8 Å². The smallest absolute Gasteiger partial charge is 0.257 e. The van der Waals surface area contributed by atoms with Crippen LogP contribution in [0.3, 0.4) is 0 Å². The molecule has 0 aromatic heterocycles. The van der Waals surface area contributed by atoms with Gasteiger partial charge in [-0.1, -0.05) is 36.4 Å². The molecule has 0 saturated carbocycles. The number of nitrogens with zero attached hydrogens (tertiary/aromatic N) is 2. The maximum atomic E-state index is 12.8. The number of para-hydroxylation sites is 1. The van der Waals surface area contributed by atoms with Crippen molar-refractivity contribution in [2.75, 3.05) is 33.0 Å². The molecule has 0 N–H and O–H groups in total. The lowest BCUT2D eigenvalue weighted by molar-refractivity contribution is 0.0694. The number of ether oxygens (including phenoxy) is 2. The minimum absolute atomic E-state index is 0.0966. The van der Waals surface area contributed by atoms with Crippen LogP contribution in [0.25, 0.3) is 6.08 Å². The van der Waals surface area contributed by atoms with E-state index in [1.54, 1.807) is 29.2 Å². The standard InChI is InChI=1S/C20H20N2O5S/c23-20(17-7-4-8-18-19(17)27-15-26-18)21-10-12-22(13-11-21)28(24,25)14-9-16-5-2-1-3-6-16/h1-9,14H,10-13,15H2/b14-9+. The molecule has 1 amide bonds. The van der Waals surface area contributed by atoms with Crippen molar-refractivity contribution < 1.29 is 22.7 Å². The van der Waals surface area contributed by atoms with Crippen LogP contribution in [0.4, 0.5) is 0 Å². The monoisotopic (exact) mass is 400 g/mol. The predicted molar refractivity (Wildman–Crippen MR) is 104 cm³/mol. The molecular formula is C20H20N2O5S. The number of carbonyl (C=O) groups excluding carboxylic acids is 1. The lowest BCUT2D eigenvalue weighted by Crippen LogP contribution is -2.50. The van der Waals surface area contributed by atoms with Gasteiger partial charge >= 0.3 is 0 Å². The van der Waals surface area contributed by atoms with Gasteiger partial charge in [0.2, 0.25) is 16.8 Å². The van der Waals surface area contributed by atoms with Crippen LogP contribution >= 0.6 is 0 Å². The maximum absolute atomic E-state index is 12.8. The molecule has 146 valence electrons. The first-order valence-corrected chi connectivity index (χ1v) is 10.5. The highest BCUT2D eigenvalue weighted by molar-refractivity contribution is 7.92. The fourth-order valence-electron chi connectivity index (χ4n) is 3.23. The van der Waals surface area contributed by atoms with Crippen LogP contribution in [0.2, 0.25) is 0 Å². The summed E-state index contributed by atoms with van der Waals surface area (Å²) in [6, 6.07) is 14.5. The molecule has 1 saturated heterocycles. The fourth-order valence-corrected chi connectivity index (χ4v) is 4.40. The second-order valence-electron chi connectivity index (χ2n) is 6.49. The number of fused-ring (bicyclic) bond motifs is 1. The number of carbonyl (C=O) groups is 1. The van der Waals surface area contributed by atoms with E-state index in [0.717, 1.165) is 5.56 Å². The van der Waals surface area contributed by atoms with Crippen molar-refractivity contribution in [3.05, 3.63) is 65.1 Å². The summed E-state index contributed by atoms with van der Waals surface area (Å²) in [4.78, 5) is 14.5. The second kappa shape index (κ2) is 7.65. The molecule has 0 spiro atoms. The number of hydrogen-bond donors (Lipinski definition) is 0. The number of rotatable bonds is 4. The number of amides is 1. The fraction of sp³-hybridized carbons (Fsp3) is 0.250. The molecule has 0 aliphatic carbocycles. The van der Waals surface area contributed by atoms with Crippen LogP contribution in [0.15, 0.2) is 53.9 Å². The molecule has 8 heteroatoms. The van der Waals surface area contributed by atoms with Crippen molar-refractivity contribution in [2.24, 2.45) is 0 Å². The second-order valence-corrected chi connectivity index (χ2v) is 8.31. The summed E-state index contributed by atoms with van der Waals surface area (Å²) in [6.07, 6.45) is 1.58. The third-order valence-corrected chi connectivity index (χ3v) is 6.31. The van der Waals surface area contributed by atoms with E-state index >= 15 is 0 Å². The number of hydrogen-bond acceptors (Lipinski definition) is 5. The van der Waals surface area contributed by atoms with E-state index in [9.17, 15) is 13.2 Å². The minimum Gasteiger partial charge on any atom is -0.454 e. The number of benzene rings is 2. The first kappa shape index (κ1) is 18.5. The molecule has 2 aliphatic rings. The Morgan fingerprint density at radius 2 is 1.68 bits per heavy atom. The lowest BCUT2D eigenvalue weighted by atomic mass is 10.1. The molecule has 2 aliphatic heterocycles. The van der Waals surface area contributed by atoms with Crippen LogP contribution < -0.4 is 9.47 Å². The van der Waals surface area contributed by atoms with Crippen LogP contribution in [0, 0.1) is 0 Å². The molecule has 2 heterocycles. The molecule has 0 atom stereocenters. The van der Waals surface area contributed by atoms with E-state index in [-0.39, 0.29) is 25.8 Å². The topological polar surface area (TPSA) is 76.2 Å². The maximum Gasteiger partial charge on any atom is 0.257 e. The highest BCUT2D eigenvalue weighted by Gasteiger charge is 2.30. The van der Waals surface area contributed by atoms with Gasteiger partial charge in [0.05, 0.1) is 5.56 Å². The molecule has 4 rings (SSSR count). The zero-order chi connectivity index (χ0) is 19.6. The van der Waals surface area contributed by atoms with Crippen LogP contribution in [0.1, 0.15) is 15.9 Å². The van der Waals surface area contributed by atoms with Gasteiger partial charge in [0.15, 0.2) is 11.5 Å². The van der Waals surface area contributed by atoms with Gasteiger partial charge < -0.3 is 14.4 Å². The predicted octanol–water partition coefficient (Wildman–Crippen LogP) is 2.17. The van der Waals surface area contributed by atoms with Gasteiger partial charge in [-0.3, -0.25) is 4.79 Å². The summed E-state index contributed by atoms with van der Waals surface area (Å²) in [5.74, 6) is 0.825. The molecule has 0 unspecified atom stereocenters. The van der Waals surface area contributed by atoms with Gasteiger partial charge in [-0.2, -0.15) is 4.31 Å². The zero-order valence-electron chi connectivity index (χ0n) is 15.2. The average Bonchev–Trinajstić information content (AvgIpc) is 3.22. The first-order valence-electron chi connectivity index (χ1n) is 8.96. The molecule has 7 nitrogen and oxygen atoms in total. The summed E-state index contributed by atoms with van der Waals surface area (Å²) in [5, 5.41) is 1.22. The SMILES string of the molecule is O=C(c1cccc2c1OCO2)N1CCN(S(=O)(=O)/C=C/c2ccccc2)CC1. The van der Waals surface area contributed by atoms with Crippen molar-refractivity contribution >= 4 is 22.0 Å². The third kappa shape index (κ3) is 3.74. The van der Waals surface area contributed by atoms with E-state index in [0.29, 0.717) is 30.2 Å². The van der Waals surface area contributed by atoms with E-state index in [1.165, 1.54) is 9.71 Å². The van der Waals surface area contributed by atoms with E-state index in [4.69, 9.17) is 9.47 Å². The molecule has 0 bridgehead atoms. The van der Waals surface area contributed by atoms with Crippen molar-refractivity contribution in [2.45, 2.75) is 0 Å². The third-order valence-electron chi connectivity index (χ3n) is 4.74. The van der Waals surface area contributed by atoms with E-state index in [1.807, 2.05) is 30.3 Å². The van der Waals surface area contributed by atoms with Gasteiger partial charge in [0.25, 0.3) is 5.91 Å². The van der Waals surface area contributed by atoms with Crippen LogP contribution in [0.5, 0.6) is 11.5 Å². The van der Waals surface area contributed by atoms with Gasteiger partial charge in [-0.25, -0.2) is 8.42 Å². The highest BCUT2D eigenvalue weighted by atomic mass is 32.2. The summed E-state index contributed by atoms with van der Waals surface area (Å²) in [5.41, 5.74) is 1.26. The zero-order valence-corrected chi connectivity index (χ0v) is 16.0. The van der Waals surface area contributed by atoms with Crippen LogP contribution in [-0.2, 0) is 10.0 Å². The lowest BCUT2D eigenvalue weighted by Gasteiger charge is -2.33. The van der Waals surface area contributed by atoms with Crippen molar-refractivity contribution in [3.63, 3.8) is 0 Å². The normalized spacial score (nSPS) is 17.2. The van der Waals surface area contributed by atoms with E-state index < -0.39 is 10.0 Å². The molecule has 0 radical (unpaired) electrons. The Morgan fingerprint density at radius 3 is 2.43 bits per heavy atom. The molecule has 2 aromatic rings. The summed E-state index contributed by atoms with van der Waals surface area (Å²) >= 11 is 0. The van der Waals surface area contributed by atoms with Gasteiger partial charge in [0, 0.05) is 31.6 Å². The largest absolute Gasteiger partial charge is 0.454 e. The van der Waals surface area contributed by atoms with Crippen molar-refractivity contribution in [1.82, 2.24) is 9.21 Å². The number of sulfonamides is 1. The average molecular weight is 400 g/mol. The Bertz CT molecular complexity index is 997. The summed E-state index contributed by atoms with van der Waals surface area (Å²) < 4.78 is 37.2. The molecule has 1 fully saturated rings. The van der Waals surface area contributed by atoms with Gasteiger partial charge in [-0.15, -0.1) is 0 Å². The Labute approximate surface area is 163 Å². The summed E-state index contributed by atoms with van der Waals surface area (Å²) in [7, 11) is -3.53. The van der Waals surface area contributed by atoms with Crippen LogP contribution in [-0.4, -0.2) is 56.5 Å². The van der Waals surface area contributed by atoms with Crippen molar-refractivity contribution in [1.29, 1.82) is 0 Å². The van der Waals surface area contributed by atoms with Gasteiger partial charge in [0.1, 0.15) is 0 Å². The Kier molecular flexibility index (Phi) is 5.06. The highest BCUT2D eigenvalue weighted by Crippen LogP contribution is 2.36. The quantitative estimate of drug-likeness (QED) is 0.786. The Balaban J connectivity index is 1.41. The molecule has 28 heavy (non-hydrogen) atoms. The van der Waals surface area contributed by atoms with E-state index in [2.05, 4.69) is 0 Å². The summed E-state index contributed by atoms with van der Waals surface area (Å²) in [6.45, 7) is 1.24. The molecular weight excluding hydrogens is 380 g/mol. The molecule has 2 aromatic carbocycles. The Hall–Kier alpha value is -2.84. The number of piperazine rings is 1. The Morgan fingerprint density at radius 1 is 0.929 bits per heavy atom.